The van der Waals surface area contributed by atoms with Gasteiger partial charge in [-0.15, -0.1) is 0 Å². The smallest absolute Gasteiger partial charge is 0.357 e. The SMILES string of the molecule is NN/C(Oc1ccc(C#Cc2cnccn2)cc1)=C(\N)C(=O)O. The number of aromatic nitrogens is 2. The zero-order valence-electron chi connectivity index (χ0n) is 11.9. The van der Waals surface area contributed by atoms with Crippen LogP contribution in [-0.4, -0.2) is 21.0 Å². The van der Waals surface area contributed by atoms with E-state index in [9.17, 15) is 4.79 Å². The van der Waals surface area contributed by atoms with Crippen molar-refractivity contribution in [3.63, 3.8) is 0 Å². The lowest BCUT2D eigenvalue weighted by atomic mass is 10.2. The van der Waals surface area contributed by atoms with Gasteiger partial charge >= 0.3 is 5.97 Å². The monoisotopic (exact) mass is 311 g/mol. The van der Waals surface area contributed by atoms with Crippen LogP contribution in [-0.2, 0) is 4.79 Å². The first-order valence-electron chi connectivity index (χ1n) is 6.35. The van der Waals surface area contributed by atoms with Crippen molar-refractivity contribution in [2.75, 3.05) is 0 Å². The van der Waals surface area contributed by atoms with Crippen molar-refractivity contribution in [1.82, 2.24) is 15.4 Å². The molecule has 1 aromatic heterocycles. The van der Waals surface area contributed by atoms with Crippen LogP contribution in [0.5, 0.6) is 5.75 Å². The molecule has 23 heavy (non-hydrogen) atoms. The molecule has 0 saturated carbocycles. The van der Waals surface area contributed by atoms with Crippen molar-refractivity contribution in [1.29, 1.82) is 0 Å². The molecule has 1 heterocycles. The molecular formula is C15H13N5O3. The van der Waals surface area contributed by atoms with Crippen LogP contribution in [0.25, 0.3) is 0 Å². The number of ether oxygens (including phenoxy) is 1. The van der Waals surface area contributed by atoms with Gasteiger partial charge in [-0.3, -0.25) is 10.4 Å². The van der Waals surface area contributed by atoms with Crippen LogP contribution in [0.1, 0.15) is 11.3 Å². The lowest BCUT2D eigenvalue weighted by molar-refractivity contribution is -0.132. The summed E-state index contributed by atoms with van der Waals surface area (Å²) < 4.78 is 5.27. The molecule has 0 fully saturated rings. The van der Waals surface area contributed by atoms with Gasteiger partial charge in [-0.1, -0.05) is 5.92 Å². The Morgan fingerprint density at radius 1 is 1.22 bits per heavy atom. The van der Waals surface area contributed by atoms with Crippen LogP contribution < -0.4 is 21.7 Å². The summed E-state index contributed by atoms with van der Waals surface area (Å²) >= 11 is 0. The number of aliphatic carboxylic acids is 1. The van der Waals surface area contributed by atoms with Gasteiger partial charge < -0.3 is 15.6 Å². The Hall–Kier alpha value is -3.57. The van der Waals surface area contributed by atoms with Gasteiger partial charge in [0.25, 0.3) is 0 Å². The molecule has 0 radical (unpaired) electrons. The second-order valence-electron chi connectivity index (χ2n) is 4.16. The van der Waals surface area contributed by atoms with Crippen LogP contribution in [0.2, 0.25) is 0 Å². The topological polar surface area (TPSA) is 136 Å². The van der Waals surface area contributed by atoms with E-state index < -0.39 is 11.7 Å². The van der Waals surface area contributed by atoms with Gasteiger partial charge in [0.1, 0.15) is 11.4 Å². The number of nitrogens with two attached hydrogens (primary N) is 2. The van der Waals surface area contributed by atoms with Gasteiger partial charge in [0.05, 0.1) is 6.20 Å². The predicted octanol–water partition coefficient (Wildman–Crippen LogP) is -0.0691. The fourth-order valence-electron chi connectivity index (χ4n) is 1.48. The Kier molecular flexibility index (Phi) is 5.12. The average molecular weight is 311 g/mol. The van der Waals surface area contributed by atoms with Gasteiger partial charge in [-0.25, -0.2) is 15.6 Å². The molecule has 0 aliphatic rings. The molecule has 8 nitrogen and oxygen atoms in total. The van der Waals surface area contributed by atoms with Crippen LogP contribution >= 0.6 is 0 Å². The highest BCUT2D eigenvalue weighted by Gasteiger charge is 2.11. The van der Waals surface area contributed by atoms with Crippen LogP contribution in [0.3, 0.4) is 0 Å². The number of nitrogens with zero attached hydrogens (tertiary/aromatic N) is 2. The van der Waals surface area contributed by atoms with Crippen molar-refractivity contribution in [2.45, 2.75) is 0 Å². The van der Waals surface area contributed by atoms with Gasteiger partial charge in [0.15, 0.2) is 5.70 Å². The molecule has 2 aromatic rings. The standard InChI is InChI=1S/C15H13N5O3/c16-13(15(21)22)14(20-17)23-12-5-2-10(3-6-12)1-4-11-9-18-7-8-19-11/h2-3,5-9,20H,16-17H2,(H,21,22)/b14-13+. The lowest BCUT2D eigenvalue weighted by Gasteiger charge is -2.10. The molecular weight excluding hydrogens is 298 g/mol. The van der Waals surface area contributed by atoms with Gasteiger partial charge in [0, 0.05) is 18.0 Å². The Morgan fingerprint density at radius 2 is 1.96 bits per heavy atom. The number of hydrogen-bond donors (Lipinski definition) is 4. The molecule has 0 aliphatic heterocycles. The number of hydrogen-bond acceptors (Lipinski definition) is 7. The summed E-state index contributed by atoms with van der Waals surface area (Å²) in [5, 5.41) is 8.80. The molecule has 6 N–H and O–H groups in total. The highest BCUT2D eigenvalue weighted by atomic mass is 16.5. The van der Waals surface area contributed by atoms with Crippen LogP contribution in [0, 0.1) is 11.8 Å². The molecule has 0 spiro atoms. The fraction of sp³-hybridized carbons (Fsp3) is 0. The molecule has 1 aromatic carbocycles. The first-order chi connectivity index (χ1) is 11.1. The largest absolute Gasteiger partial charge is 0.476 e. The van der Waals surface area contributed by atoms with Crippen LogP contribution in [0.4, 0.5) is 0 Å². The van der Waals surface area contributed by atoms with Gasteiger partial charge in [-0.2, -0.15) is 0 Å². The van der Waals surface area contributed by atoms with Gasteiger partial charge in [0.2, 0.25) is 5.88 Å². The maximum Gasteiger partial charge on any atom is 0.357 e. The summed E-state index contributed by atoms with van der Waals surface area (Å²) in [6.07, 6.45) is 4.68. The van der Waals surface area contributed by atoms with Crippen LogP contribution in [0.15, 0.2) is 54.4 Å². The first kappa shape index (κ1) is 15.8. The van der Waals surface area contributed by atoms with E-state index in [1.807, 2.05) is 0 Å². The van der Waals surface area contributed by atoms with E-state index in [0.29, 0.717) is 11.4 Å². The number of nitrogens with one attached hydrogen (secondary N) is 1. The maximum absolute atomic E-state index is 10.8. The maximum atomic E-state index is 10.8. The number of hydrazine groups is 1. The van der Waals surface area contributed by atoms with Crippen molar-refractivity contribution in [3.05, 3.63) is 65.7 Å². The highest BCUT2D eigenvalue weighted by Crippen LogP contribution is 2.14. The summed E-state index contributed by atoms with van der Waals surface area (Å²) in [7, 11) is 0. The molecule has 0 atom stereocenters. The summed E-state index contributed by atoms with van der Waals surface area (Å²) in [4.78, 5) is 18.7. The van der Waals surface area contributed by atoms with E-state index in [0.717, 1.165) is 5.56 Å². The minimum atomic E-state index is -1.34. The van der Waals surface area contributed by atoms with E-state index in [-0.39, 0.29) is 5.88 Å². The molecule has 8 heteroatoms. The molecule has 116 valence electrons. The van der Waals surface area contributed by atoms with Gasteiger partial charge in [-0.05, 0) is 30.2 Å². The third-order valence-corrected chi connectivity index (χ3v) is 2.58. The molecule has 0 unspecified atom stereocenters. The zero-order chi connectivity index (χ0) is 16.7. The number of carboxylic acids is 1. The molecule has 0 bridgehead atoms. The average Bonchev–Trinajstić information content (AvgIpc) is 2.59. The van der Waals surface area contributed by atoms with E-state index in [2.05, 4.69) is 27.2 Å². The zero-order valence-corrected chi connectivity index (χ0v) is 11.9. The Morgan fingerprint density at radius 3 is 2.52 bits per heavy atom. The van der Waals surface area contributed by atoms with Crippen molar-refractivity contribution in [3.8, 4) is 17.6 Å². The van der Waals surface area contributed by atoms with E-state index in [4.69, 9.17) is 21.4 Å². The van der Waals surface area contributed by atoms with Crippen molar-refractivity contribution in [2.24, 2.45) is 11.6 Å². The number of carboxylic acid groups (broad SMARTS) is 1. The number of carbonyl (C=O) groups is 1. The predicted molar refractivity (Wildman–Crippen MR) is 81.3 cm³/mol. The Balaban J connectivity index is 2.13. The minimum Gasteiger partial charge on any atom is -0.476 e. The van der Waals surface area contributed by atoms with Crippen molar-refractivity contribution >= 4 is 5.97 Å². The highest BCUT2D eigenvalue weighted by molar-refractivity contribution is 5.85. The molecule has 0 aliphatic carbocycles. The van der Waals surface area contributed by atoms with E-state index in [1.165, 1.54) is 0 Å². The van der Waals surface area contributed by atoms with E-state index in [1.54, 1.807) is 42.9 Å². The number of rotatable bonds is 4. The normalized spacial score (nSPS) is 10.8. The third-order valence-electron chi connectivity index (χ3n) is 2.58. The summed E-state index contributed by atoms with van der Waals surface area (Å²) in [6.45, 7) is 0. The first-order valence-corrected chi connectivity index (χ1v) is 6.35. The third kappa shape index (κ3) is 4.45. The quantitative estimate of drug-likeness (QED) is 0.202. The van der Waals surface area contributed by atoms with Crippen molar-refractivity contribution < 1.29 is 14.6 Å². The summed E-state index contributed by atoms with van der Waals surface area (Å²) in [6, 6.07) is 6.61. The molecule has 2 rings (SSSR count). The second kappa shape index (κ2) is 7.44. The molecule has 0 amide bonds. The Bertz CT molecular complexity index is 776. The summed E-state index contributed by atoms with van der Waals surface area (Å²) in [5.74, 6) is 9.73. The second-order valence-corrected chi connectivity index (χ2v) is 4.16. The number of benzene rings is 1. The van der Waals surface area contributed by atoms with E-state index >= 15 is 0 Å². The Labute approximate surface area is 131 Å². The fourth-order valence-corrected chi connectivity index (χ4v) is 1.48. The molecule has 0 saturated heterocycles. The minimum absolute atomic E-state index is 0.254. The summed E-state index contributed by atoms with van der Waals surface area (Å²) in [5.41, 5.74) is 8.19. The lowest BCUT2D eigenvalue weighted by Crippen LogP contribution is -2.31.